The number of oxime groups is 1. The van der Waals surface area contributed by atoms with Gasteiger partial charge in [0.25, 0.3) is 5.91 Å². The first-order chi connectivity index (χ1) is 13.0. The van der Waals surface area contributed by atoms with Crippen LogP contribution in [0, 0.1) is 0 Å². The number of anilines is 1. The van der Waals surface area contributed by atoms with E-state index in [1.165, 1.54) is 30.6 Å². The molecule has 0 spiro atoms. The number of aromatic nitrogens is 1. The maximum absolute atomic E-state index is 12.6. The molecule has 0 bridgehead atoms. The maximum Gasteiger partial charge on any atom is 0.280 e. The van der Waals surface area contributed by atoms with Gasteiger partial charge in [0.2, 0.25) is 0 Å². The summed E-state index contributed by atoms with van der Waals surface area (Å²) in [6, 6.07) is 6.08. The zero-order valence-corrected chi connectivity index (χ0v) is 16.3. The second-order valence-electron chi connectivity index (χ2n) is 5.83. The number of rotatable bonds is 9. The van der Waals surface area contributed by atoms with Crippen LogP contribution in [-0.2, 0) is 24.2 Å². The van der Waals surface area contributed by atoms with E-state index in [2.05, 4.69) is 15.5 Å². The quantitative estimate of drug-likeness (QED) is 0.386. The van der Waals surface area contributed by atoms with Crippen LogP contribution in [-0.4, -0.2) is 50.6 Å². The third-order valence-electron chi connectivity index (χ3n) is 3.82. The van der Waals surface area contributed by atoms with Gasteiger partial charge in [0.1, 0.15) is 6.61 Å². The molecular formula is C17H19N3O5S2. The average Bonchev–Trinajstić information content (AvgIpc) is 3.41. The first-order valence-electron chi connectivity index (χ1n) is 8.26. The molecule has 144 valence electrons. The third kappa shape index (κ3) is 4.90. The van der Waals surface area contributed by atoms with E-state index in [1.807, 2.05) is 0 Å². The number of sulfone groups is 1. The van der Waals surface area contributed by atoms with Crippen LogP contribution in [0.4, 0.5) is 5.13 Å². The van der Waals surface area contributed by atoms with Gasteiger partial charge in [-0.05, 0) is 25.0 Å². The van der Waals surface area contributed by atoms with Crippen molar-refractivity contribution in [2.45, 2.75) is 23.0 Å². The van der Waals surface area contributed by atoms with Gasteiger partial charge in [0.05, 0.1) is 16.8 Å². The minimum atomic E-state index is -3.29. The van der Waals surface area contributed by atoms with Gasteiger partial charge in [-0.2, -0.15) is 0 Å². The number of hydrogen-bond donors (Lipinski definition) is 1. The molecule has 1 fully saturated rings. The van der Waals surface area contributed by atoms with Gasteiger partial charge in [-0.3, -0.25) is 10.1 Å². The molecule has 1 aromatic carbocycles. The second kappa shape index (κ2) is 8.59. The Balaban J connectivity index is 1.81. The molecule has 27 heavy (non-hydrogen) atoms. The molecule has 0 atom stereocenters. The first-order valence-corrected chi connectivity index (χ1v) is 10.7. The van der Waals surface area contributed by atoms with E-state index in [1.54, 1.807) is 23.7 Å². The van der Waals surface area contributed by atoms with Crippen molar-refractivity contribution in [3.8, 4) is 0 Å². The van der Waals surface area contributed by atoms with Gasteiger partial charge in [-0.25, -0.2) is 13.4 Å². The fraction of sp³-hybridized carbons (Fsp3) is 0.353. The van der Waals surface area contributed by atoms with Crippen LogP contribution in [0.1, 0.15) is 18.4 Å². The summed E-state index contributed by atoms with van der Waals surface area (Å²) < 4.78 is 29.5. The van der Waals surface area contributed by atoms with Crippen molar-refractivity contribution in [2.24, 2.45) is 5.16 Å². The topological polar surface area (TPSA) is 107 Å². The van der Waals surface area contributed by atoms with Gasteiger partial charge in [0, 0.05) is 24.3 Å². The number of thiazole rings is 1. The number of carbonyl (C=O) groups is 1. The molecule has 1 aliphatic rings. The predicted octanol–water partition coefficient (Wildman–Crippen LogP) is 2.08. The molecule has 1 heterocycles. The highest BCUT2D eigenvalue weighted by Gasteiger charge is 2.36. The van der Waals surface area contributed by atoms with Crippen LogP contribution in [0.15, 0.2) is 45.9 Å². The molecular weight excluding hydrogens is 390 g/mol. The molecule has 1 amide bonds. The smallest absolute Gasteiger partial charge is 0.280 e. The van der Waals surface area contributed by atoms with Crippen LogP contribution >= 0.6 is 11.3 Å². The van der Waals surface area contributed by atoms with Crippen LogP contribution in [0.5, 0.6) is 0 Å². The molecule has 3 rings (SSSR count). The van der Waals surface area contributed by atoms with Gasteiger partial charge < -0.3 is 9.57 Å². The lowest BCUT2D eigenvalue weighted by molar-refractivity contribution is -0.110. The number of nitrogens with one attached hydrogen (secondary N) is 1. The molecule has 0 unspecified atom stereocenters. The zero-order valence-electron chi connectivity index (χ0n) is 14.6. The van der Waals surface area contributed by atoms with Crippen molar-refractivity contribution < 1.29 is 22.8 Å². The number of amides is 1. The molecule has 1 N–H and O–H groups in total. The highest BCUT2D eigenvalue weighted by Crippen LogP contribution is 2.33. The van der Waals surface area contributed by atoms with Crippen molar-refractivity contribution in [1.29, 1.82) is 0 Å². The van der Waals surface area contributed by atoms with E-state index in [4.69, 9.17) is 9.57 Å². The summed E-state index contributed by atoms with van der Waals surface area (Å²) in [4.78, 5) is 22.0. The van der Waals surface area contributed by atoms with Crippen LogP contribution in [0.2, 0.25) is 0 Å². The van der Waals surface area contributed by atoms with Crippen LogP contribution in [0.25, 0.3) is 0 Å². The summed E-state index contributed by atoms with van der Waals surface area (Å²) in [7, 11) is -1.76. The minimum absolute atomic E-state index is 0.0247. The Morgan fingerprint density at radius 2 is 2.04 bits per heavy atom. The molecule has 1 aliphatic carbocycles. The van der Waals surface area contributed by atoms with E-state index in [0.717, 1.165) is 0 Å². The Morgan fingerprint density at radius 1 is 1.30 bits per heavy atom. The Hall–Kier alpha value is -2.30. The molecule has 0 radical (unpaired) electrons. The van der Waals surface area contributed by atoms with Crippen molar-refractivity contribution in [3.05, 3.63) is 41.4 Å². The highest BCUT2D eigenvalue weighted by molar-refractivity contribution is 7.92. The van der Waals surface area contributed by atoms with Gasteiger partial charge >= 0.3 is 0 Å². The number of nitrogens with zero attached hydrogens (tertiary/aromatic N) is 2. The molecule has 0 aliphatic heterocycles. The standard InChI is InChI=1S/C17H19N3O5S2/c1-24-9-10-25-20-15(16(21)19-17-18-8-11-26-17)12-2-4-13(5-3-12)27(22,23)14-6-7-14/h2-5,8,11,14H,6-7,9-10H2,1H3,(H,18,19,21)/b20-15+. The third-order valence-corrected chi connectivity index (χ3v) is 6.79. The van der Waals surface area contributed by atoms with Gasteiger partial charge in [0.15, 0.2) is 20.7 Å². The van der Waals surface area contributed by atoms with Crippen molar-refractivity contribution in [1.82, 2.24) is 4.98 Å². The number of methoxy groups -OCH3 is 1. The summed E-state index contributed by atoms with van der Waals surface area (Å²) in [5.74, 6) is -0.500. The Kier molecular flexibility index (Phi) is 6.19. The molecule has 10 heteroatoms. The highest BCUT2D eigenvalue weighted by atomic mass is 32.2. The summed E-state index contributed by atoms with van der Waals surface area (Å²) in [6.45, 7) is 0.502. The monoisotopic (exact) mass is 409 g/mol. The maximum atomic E-state index is 12.6. The Labute approximate surface area is 161 Å². The van der Waals surface area contributed by atoms with Crippen molar-refractivity contribution >= 4 is 37.9 Å². The fourth-order valence-corrected chi connectivity index (χ4v) is 4.45. The van der Waals surface area contributed by atoms with Gasteiger partial charge in [-0.15, -0.1) is 11.3 Å². The van der Waals surface area contributed by atoms with Crippen molar-refractivity contribution in [2.75, 3.05) is 25.6 Å². The zero-order chi connectivity index (χ0) is 19.3. The average molecular weight is 409 g/mol. The minimum Gasteiger partial charge on any atom is -0.393 e. The van der Waals surface area contributed by atoms with Crippen LogP contribution in [0.3, 0.4) is 0 Å². The lowest BCUT2D eigenvalue weighted by Crippen LogP contribution is -2.24. The van der Waals surface area contributed by atoms with Crippen molar-refractivity contribution in [3.63, 3.8) is 0 Å². The van der Waals surface area contributed by atoms with Gasteiger partial charge in [-0.1, -0.05) is 17.3 Å². The van der Waals surface area contributed by atoms with E-state index in [9.17, 15) is 13.2 Å². The number of hydrogen-bond acceptors (Lipinski definition) is 8. The summed E-state index contributed by atoms with van der Waals surface area (Å²) in [5, 5.41) is 8.42. The lowest BCUT2D eigenvalue weighted by Gasteiger charge is -2.08. The molecule has 8 nitrogen and oxygen atoms in total. The largest absolute Gasteiger partial charge is 0.393 e. The second-order valence-corrected chi connectivity index (χ2v) is 8.95. The number of benzene rings is 1. The number of ether oxygens (including phenoxy) is 1. The Bertz CT molecular complexity index is 905. The predicted molar refractivity (Wildman–Crippen MR) is 102 cm³/mol. The summed E-state index contributed by atoms with van der Waals surface area (Å²) in [6.07, 6.45) is 2.96. The van der Waals surface area contributed by atoms with E-state index >= 15 is 0 Å². The van der Waals surface area contributed by atoms with E-state index < -0.39 is 15.7 Å². The normalized spacial score (nSPS) is 14.8. The summed E-state index contributed by atoms with van der Waals surface area (Å²) >= 11 is 1.27. The lowest BCUT2D eigenvalue weighted by atomic mass is 10.1. The molecule has 1 saturated carbocycles. The van der Waals surface area contributed by atoms with Crippen LogP contribution < -0.4 is 5.32 Å². The molecule has 1 aromatic heterocycles. The Morgan fingerprint density at radius 3 is 2.63 bits per heavy atom. The summed E-state index contributed by atoms with van der Waals surface area (Å²) in [5.41, 5.74) is 0.466. The van der Waals surface area contributed by atoms with E-state index in [-0.39, 0.29) is 22.5 Å². The number of carbonyl (C=O) groups excluding carboxylic acids is 1. The fourth-order valence-electron chi connectivity index (χ4n) is 2.27. The SMILES string of the molecule is COCCO/N=C(/C(=O)Nc1nccs1)c1ccc(S(=O)(=O)C2CC2)cc1. The molecule has 2 aromatic rings. The molecule has 0 saturated heterocycles. The van der Waals surface area contributed by atoms with E-state index in [0.29, 0.717) is 30.1 Å². The first kappa shape index (κ1) is 19.5.